The summed E-state index contributed by atoms with van der Waals surface area (Å²) < 4.78 is 5.34. The van der Waals surface area contributed by atoms with Crippen molar-refractivity contribution in [1.29, 1.82) is 0 Å². The predicted molar refractivity (Wildman–Crippen MR) is 97.3 cm³/mol. The van der Waals surface area contributed by atoms with Gasteiger partial charge in [-0.05, 0) is 82.3 Å². The van der Waals surface area contributed by atoms with E-state index < -0.39 is 6.04 Å². The smallest absolute Gasteiger partial charge is 0.321 e. The lowest BCUT2D eigenvalue weighted by molar-refractivity contribution is -0.121. The zero-order chi connectivity index (χ0) is 18.3. The van der Waals surface area contributed by atoms with E-state index in [1.165, 1.54) is 19.3 Å². The lowest BCUT2D eigenvalue weighted by Gasteiger charge is -2.56. The number of amides is 3. The Balaban J connectivity index is 1.30. The van der Waals surface area contributed by atoms with Gasteiger partial charge >= 0.3 is 6.03 Å². The Morgan fingerprint density at radius 2 is 1.73 bits per heavy atom. The van der Waals surface area contributed by atoms with E-state index in [1.807, 2.05) is 19.1 Å². The summed E-state index contributed by atoms with van der Waals surface area (Å²) >= 11 is 0. The van der Waals surface area contributed by atoms with Crippen molar-refractivity contribution >= 4 is 11.9 Å². The molecule has 0 aliphatic heterocycles. The van der Waals surface area contributed by atoms with Gasteiger partial charge in [0.2, 0.25) is 5.91 Å². The third kappa shape index (κ3) is 3.52. The zero-order valence-electron chi connectivity index (χ0n) is 15.6. The Hall–Kier alpha value is -1.82. The molecule has 4 aliphatic carbocycles. The summed E-state index contributed by atoms with van der Waals surface area (Å²) in [5.74, 6) is 2.72. The SMILES string of the molecule is C[C@H](N[C@H](C)c1ccco1)C(=O)NC(=O)NC12CC3CC(CC(C3)C1)C2. The second-order valence-corrected chi connectivity index (χ2v) is 8.77. The standard InChI is InChI=1S/C20H29N3O3/c1-12(17-4-3-5-26-17)21-13(2)18(24)22-19(25)23-20-9-14-6-15(10-20)8-16(7-14)11-20/h3-5,12-16,21H,6-11H2,1-2H3,(H2,22,23,24,25)/t12-,13+,14?,15?,16?,20?/m1/s1. The molecule has 1 aromatic rings. The van der Waals surface area contributed by atoms with E-state index in [1.54, 1.807) is 13.2 Å². The summed E-state index contributed by atoms with van der Waals surface area (Å²) in [6.45, 7) is 3.69. The van der Waals surface area contributed by atoms with Crippen molar-refractivity contribution in [2.45, 2.75) is 70.0 Å². The van der Waals surface area contributed by atoms with Crippen molar-refractivity contribution in [3.8, 4) is 0 Å². The van der Waals surface area contributed by atoms with E-state index in [0.717, 1.165) is 42.8 Å². The average Bonchev–Trinajstić information content (AvgIpc) is 3.07. The molecule has 3 N–H and O–H groups in total. The van der Waals surface area contributed by atoms with Gasteiger partial charge in [-0.3, -0.25) is 15.4 Å². The van der Waals surface area contributed by atoms with Crippen LogP contribution in [0, 0.1) is 17.8 Å². The van der Waals surface area contributed by atoms with Gasteiger partial charge in [0.15, 0.2) is 0 Å². The van der Waals surface area contributed by atoms with Crippen LogP contribution >= 0.6 is 0 Å². The van der Waals surface area contributed by atoms with Gasteiger partial charge in [-0.2, -0.15) is 0 Å². The minimum atomic E-state index is -0.489. The highest BCUT2D eigenvalue weighted by Crippen LogP contribution is 2.55. The number of rotatable bonds is 5. The molecule has 142 valence electrons. The van der Waals surface area contributed by atoms with Gasteiger partial charge in [0.1, 0.15) is 5.76 Å². The molecule has 4 saturated carbocycles. The maximum Gasteiger partial charge on any atom is 0.321 e. The number of carbonyl (C=O) groups is 2. The lowest BCUT2D eigenvalue weighted by Crippen LogP contribution is -2.62. The molecule has 26 heavy (non-hydrogen) atoms. The number of hydrogen-bond donors (Lipinski definition) is 3. The van der Waals surface area contributed by atoms with Gasteiger partial charge in [-0.15, -0.1) is 0 Å². The third-order valence-electron chi connectivity index (χ3n) is 6.52. The molecule has 4 aliphatic rings. The summed E-state index contributed by atoms with van der Waals surface area (Å²) in [5, 5.41) is 8.86. The minimum absolute atomic E-state index is 0.0861. The average molecular weight is 359 g/mol. The molecule has 4 bridgehead atoms. The Labute approximate surface area is 154 Å². The molecular weight excluding hydrogens is 330 g/mol. The van der Waals surface area contributed by atoms with Crippen LogP contribution in [0.15, 0.2) is 22.8 Å². The first-order valence-electron chi connectivity index (χ1n) is 9.85. The van der Waals surface area contributed by atoms with Crippen LogP contribution < -0.4 is 16.0 Å². The highest BCUT2D eigenvalue weighted by Gasteiger charge is 2.51. The predicted octanol–water partition coefficient (Wildman–Crippen LogP) is 3.11. The lowest BCUT2D eigenvalue weighted by atomic mass is 9.53. The summed E-state index contributed by atoms with van der Waals surface area (Å²) in [5.41, 5.74) is -0.0861. The largest absolute Gasteiger partial charge is 0.468 e. The third-order valence-corrected chi connectivity index (χ3v) is 6.52. The maximum atomic E-state index is 12.5. The van der Waals surface area contributed by atoms with Crippen molar-refractivity contribution < 1.29 is 14.0 Å². The van der Waals surface area contributed by atoms with Crippen LogP contribution in [-0.4, -0.2) is 23.5 Å². The van der Waals surface area contributed by atoms with Crippen molar-refractivity contribution in [2.75, 3.05) is 0 Å². The molecular formula is C20H29N3O3. The first-order chi connectivity index (χ1) is 12.4. The van der Waals surface area contributed by atoms with Crippen molar-refractivity contribution in [1.82, 2.24) is 16.0 Å². The van der Waals surface area contributed by atoms with E-state index in [0.29, 0.717) is 0 Å². The fourth-order valence-corrected chi connectivity index (χ4v) is 5.83. The fourth-order valence-electron chi connectivity index (χ4n) is 5.83. The molecule has 2 atom stereocenters. The van der Waals surface area contributed by atoms with Gasteiger partial charge in [-0.25, -0.2) is 4.79 Å². The fraction of sp³-hybridized carbons (Fsp3) is 0.700. The minimum Gasteiger partial charge on any atom is -0.468 e. The zero-order valence-corrected chi connectivity index (χ0v) is 15.6. The molecule has 3 amide bonds. The topological polar surface area (TPSA) is 83.4 Å². The number of furan rings is 1. The van der Waals surface area contributed by atoms with Crippen molar-refractivity contribution in [3.05, 3.63) is 24.2 Å². The highest BCUT2D eigenvalue weighted by atomic mass is 16.3. The molecule has 5 rings (SSSR count). The number of urea groups is 1. The molecule has 4 fully saturated rings. The van der Waals surface area contributed by atoms with Gasteiger partial charge < -0.3 is 9.73 Å². The van der Waals surface area contributed by atoms with Crippen molar-refractivity contribution in [3.63, 3.8) is 0 Å². The van der Waals surface area contributed by atoms with Gasteiger partial charge in [0.05, 0.1) is 18.3 Å². The first kappa shape index (κ1) is 17.6. The molecule has 0 saturated heterocycles. The van der Waals surface area contributed by atoms with E-state index in [4.69, 9.17) is 4.42 Å². The highest BCUT2D eigenvalue weighted by molar-refractivity contribution is 5.97. The molecule has 1 aromatic heterocycles. The van der Waals surface area contributed by atoms with Crippen molar-refractivity contribution in [2.24, 2.45) is 17.8 Å². The Bertz CT molecular complexity index is 635. The molecule has 6 nitrogen and oxygen atoms in total. The van der Waals surface area contributed by atoms with E-state index in [9.17, 15) is 9.59 Å². The number of hydrogen-bond acceptors (Lipinski definition) is 4. The summed E-state index contributed by atoms with van der Waals surface area (Å²) in [7, 11) is 0. The monoisotopic (exact) mass is 359 g/mol. The van der Waals surface area contributed by atoms with E-state index in [-0.39, 0.29) is 23.5 Å². The summed E-state index contributed by atoms with van der Waals surface area (Å²) in [6.07, 6.45) is 8.81. The van der Waals surface area contributed by atoms with Gasteiger partial charge in [0.25, 0.3) is 0 Å². The Morgan fingerprint density at radius 1 is 1.12 bits per heavy atom. The van der Waals surface area contributed by atoms with E-state index in [2.05, 4.69) is 16.0 Å². The van der Waals surface area contributed by atoms with Gasteiger partial charge in [-0.1, -0.05) is 0 Å². The normalized spacial score (nSPS) is 34.3. The van der Waals surface area contributed by atoms with Crippen LogP contribution in [0.25, 0.3) is 0 Å². The quantitative estimate of drug-likeness (QED) is 0.754. The van der Waals surface area contributed by atoms with Gasteiger partial charge in [0, 0.05) is 5.54 Å². The second-order valence-electron chi connectivity index (χ2n) is 8.77. The maximum absolute atomic E-state index is 12.5. The number of carbonyl (C=O) groups excluding carboxylic acids is 2. The van der Waals surface area contributed by atoms with E-state index >= 15 is 0 Å². The van der Waals surface area contributed by atoms with Crippen LogP contribution in [0.4, 0.5) is 4.79 Å². The summed E-state index contributed by atoms with van der Waals surface area (Å²) in [4.78, 5) is 24.8. The second kappa shape index (κ2) is 6.72. The van der Waals surface area contributed by atoms with Crippen LogP contribution in [0.3, 0.4) is 0 Å². The number of nitrogens with one attached hydrogen (secondary N) is 3. The van der Waals surface area contributed by atoms with Crippen LogP contribution in [0.5, 0.6) is 0 Å². The van der Waals surface area contributed by atoms with Crippen LogP contribution in [0.2, 0.25) is 0 Å². The molecule has 0 spiro atoms. The Morgan fingerprint density at radius 3 is 2.27 bits per heavy atom. The van der Waals surface area contributed by atoms with Crippen LogP contribution in [0.1, 0.15) is 64.2 Å². The Kier molecular flexibility index (Phi) is 4.55. The molecule has 1 heterocycles. The summed E-state index contributed by atoms with van der Waals surface area (Å²) in [6, 6.07) is 2.74. The molecule has 0 radical (unpaired) electrons. The number of imide groups is 1. The molecule has 0 unspecified atom stereocenters. The molecule has 0 aromatic carbocycles. The van der Waals surface area contributed by atoms with Crippen LogP contribution in [-0.2, 0) is 4.79 Å². The first-order valence-corrected chi connectivity index (χ1v) is 9.85. The molecule has 6 heteroatoms.